The zero-order valence-corrected chi connectivity index (χ0v) is 16.2. The highest BCUT2D eigenvalue weighted by molar-refractivity contribution is 5.60. The van der Waals surface area contributed by atoms with Gasteiger partial charge in [0, 0.05) is 24.9 Å². The van der Waals surface area contributed by atoms with Crippen LogP contribution in [0.4, 0.5) is 4.39 Å². The van der Waals surface area contributed by atoms with Gasteiger partial charge in [-0.05, 0) is 35.4 Å². The van der Waals surface area contributed by atoms with E-state index in [1.807, 2.05) is 16.7 Å². The highest BCUT2D eigenvalue weighted by Gasteiger charge is 2.35. The Morgan fingerprint density at radius 3 is 2.48 bits per heavy atom. The van der Waals surface area contributed by atoms with Crippen molar-refractivity contribution < 1.29 is 9.50 Å². The molecule has 1 unspecified atom stereocenters. The van der Waals surface area contributed by atoms with Crippen LogP contribution < -0.4 is 5.43 Å². The standard InChI is InChI=1S/C23H16FN5O2/c24-17-7-5-16(6-8-17)20(15-3-1-14(11-25)2-4-15)18-13-28-10-9-26-23(28)21-22(31)19(30)12-27-29(18)21/h1-10,12,18,20,31H,13H2/t18-,20?/m1/s1. The van der Waals surface area contributed by atoms with E-state index in [2.05, 4.69) is 16.2 Å². The molecule has 0 bridgehead atoms. The van der Waals surface area contributed by atoms with E-state index in [9.17, 15) is 14.3 Å². The van der Waals surface area contributed by atoms with Gasteiger partial charge in [-0.3, -0.25) is 9.48 Å². The number of nitrogens with zero attached hydrogens (tertiary/aromatic N) is 5. The van der Waals surface area contributed by atoms with Crippen LogP contribution in [0, 0.1) is 17.1 Å². The molecule has 0 saturated heterocycles. The molecule has 2 aromatic carbocycles. The Balaban J connectivity index is 1.73. The summed E-state index contributed by atoms with van der Waals surface area (Å²) in [5.74, 6) is -0.596. The molecule has 0 spiro atoms. The van der Waals surface area contributed by atoms with E-state index >= 15 is 0 Å². The Bertz CT molecular complexity index is 1370. The molecular weight excluding hydrogens is 397 g/mol. The van der Waals surface area contributed by atoms with Crippen LogP contribution in [0.5, 0.6) is 5.75 Å². The van der Waals surface area contributed by atoms with Crippen molar-refractivity contribution in [1.29, 1.82) is 5.26 Å². The quantitative estimate of drug-likeness (QED) is 0.556. The smallest absolute Gasteiger partial charge is 0.242 e. The van der Waals surface area contributed by atoms with Gasteiger partial charge in [0.15, 0.2) is 11.6 Å². The maximum atomic E-state index is 13.7. The van der Waals surface area contributed by atoms with Gasteiger partial charge >= 0.3 is 0 Å². The zero-order chi connectivity index (χ0) is 21.5. The van der Waals surface area contributed by atoms with Crippen molar-refractivity contribution >= 4 is 0 Å². The van der Waals surface area contributed by atoms with Crippen LogP contribution in [-0.2, 0) is 6.54 Å². The number of fused-ring (bicyclic) bond motifs is 3. The molecule has 1 aliphatic rings. The number of rotatable bonds is 3. The molecule has 0 radical (unpaired) electrons. The van der Waals surface area contributed by atoms with Crippen molar-refractivity contribution in [2.24, 2.45) is 0 Å². The van der Waals surface area contributed by atoms with Crippen LogP contribution in [0.3, 0.4) is 0 Å². The summed E-state index contributed by atoms with van der Waals surface area (Å²) in [6.45, 7) is 0.472. The van der Waals surface area contributed by atoms with Crippen LogP contribution in [0.2, 0.25) is 0 Å². The van der Waals surface area contributed by atoms with Gasteiger partial charge in [0.05, 0.1) is 23.9 Å². The topological polar surface area (TPSA) is 96.7 Å². The summed E-state index contributed by atoms with van der Waals surface area (Å²) >= 11 is 0. The Hall–Kier alpha value is -4.25. The second kappa shape index (κ2) is 7.22. The lowest BCUT2D eigenvalue weighted by atomic mass is 9.83. The summed E-state index contributed by atoms with van der Waals surface area (Å²) in [7, 11) is 0. The summed E-state index contributed by atoms with van der Waals surface area (Å²) < 4.78 is 17.1. The minimum Gasteiger partial charge on any atom is -0.503 e. The second-order valence-electron chi connectivity index (χ2n) is 7.38. The Kier molecular flexibility index (Phi) is 4.37. The summed E-state index contributed by atoms with van der Waals surface area (Å²) in [5, 5.41) is 24.0. The van der Waals surface area contributed by atoms with Crippen molar-refractivity contribution in [3.8, 4) is 23.3 Å². The lowest BCUT2D eigenvalue weighted by Crippen LogP contribution is -2.32. The molecular formula is C23H16FN5O2. The molecule has 0 saturated carbocycles. The van der Waals surface area contributed by atoms with Crippen molar-refractivity contribution in [2.75, 3.05) is 0 Å². The van der Waals surface area contributed by atoms with Crippen molar-refractivity contribution in [2.45, 2.75) is 18.5 Å². The third kappa shape index (κ3) is 3.07. The van der Waals surface area contributed by atoms with Crippen molar-refractivity contribution in [3.63, 3.8) is 0 Å². The third-order valence-electron chi connectivity index (χ3n) is 5.62. The summed E-state index contributed by atoms with van der Waals surface area (Å²) in [5.41, 5.74) is 1.92. The Labute approximate surface area is 176 Å². The van der Waals surface area contributed by atoms with Crippen LogP contribution >= 0.6 is 0 Å². The van der Waals surface area contributed by atoms with E-state index in [-0.39, 0.29) is 23.5 Å². The lowest BCUT2D eigenvalue weighted by molar-refractivity contribution is 0.331. The number of benzene rings is 2. The molecule has 2 aromatic heterocycles. The fourth-order valence-corrected chi connectivity index (χ4v) is 4.19. The van der Waals surface area contributed by atoms with Crippen molar-refractivity contribution in [3.05, 3.63) is 99.9 Å². The van der Waals surface area contributed by atoms with Gasteiger partial charge in [0.25, 0.3) is 0 Å². The molecule has 0 fully saturated rings. The largest absolute Gasteiger partial charge is 0.503 e. The number of hydrogen-bond acceptors (Lipinski definition) is 5. The van der Waals surface area contributed by atoms with Crippen LogP contribution in [-0.4, -0.2) is 24.4 Å². The third-order valence-corrected chi connectivity index (χ3v) is 5.62. The molecule has 7 nitrogen and oxygen atoms in total. The maximum absolute atomic E-state index is 13.7. The molecule has 4 aromatic rings. The van der Waals surface area contributed by atoms with Gasteiger partial charge in [-0.25, -0.2) is 9.37 Å². The first-order valence-electron chi connectivity index (χ1n) is 9.64. The highest BCUT2D eigenvalue weighted by Crippen LogP contribution is 2.42. The summed E-state index contributed by atoms with van der Waals surface area (Å²) in [6.07, 6.45) is 4.47. The van der Waals surface area contributed by atoms with Crippen LogP contribution in [0.25, 0.3) is 11.5 Å². The van der Waals surface area contributed by atoms with E-state index in [4.69, 9.17) is 5.26 Å². The zero-order valence-electron chi connectivity index (χ0n) is 16.2. The van der Waals surface area contributed by atoms with Gasteiger partial charge in [-0.2, -0.15) is 10.4 Å². The molecule has 0 aliphatic carbocycles. The fraction of sp³-hybridized carbons (Fsp3) is 0.130. The number of aromatic nitrogens is 4. The SMILES string of the molecule is N#Cc1ccc(C(c2ccc(F)cc2)[C@H]2Cn3ccnc3-c3c(O)c(=O)cnn32)cc1. The first kappa shape index (κ1) is 18.8. The van der Waals surface area contributed by atoms with E-state index in [1.165, 1.54) is 12.1 Å². The minimum atomic E-state index is -0.585. The molecule has 1 N–H and O–H groups in total. The van der Waals surface area contributed by atoms with Gasteiger partial charge < -0.3 is 9.67 Å². The second-order valence-corrected chi connectivity index (χ2v) is 7.38. The van der Waals surface area contributed by atoms with E-state index in [0.717, 1.165) is 17.3 Å². The number of nitriles is 1. The molecule has 2 atom stereocenters. The predicted octanol–water partition coefficient (Wildman–Crippen LogP) is 3.21. The summed E-state index contributed by atoms with van der Waals surface area (Å²) in [6, 6.07) is 15.2. The van der Waals surface area contributed by atoms with E-state index < -0.39 is 11.2 Å². The minimum absolute atomic E-state index is 0.245. The lowest BCUT2D eigenvalue weighted by Gasteiger charge is -2.34. The first-order chi connectivity index (χ1) is 15.1. The number of imidazole rings is 1. The molecule has 3 heterocycles. The molecule has 152 valence electrons. The van der Waals surface area contributed by atoms with E-state index in [1.54, 1.807) is 41.3 Å². The number of aromatic hydroxyl groups is 1. The average molecular weight is 413 g/mol. The van der Waals surface area contributed by atoms with Gasteiger partial charge in [0.2, 0.25) is 5.43 Å². The summed E-state index contributed by atoms with van der Waals surface area (Å²) in [4.78, 5) is 16.4. The fourth-order valence-electron chi connectivity index (χ4n) is 4.19. The predicted molar refractivity (Wildman–Crippen MR) is 110 cm³/mol. The van der Waals surface area contributed by atoms with Gasteiger partial charge in [0.1, 0.15) is 11.5 Å². The van der Waals surface area contributed by atoms with Gasteiger partial charge in [-0.15, -0.1) is 0 Å². The monoisotopic (exact) mass is 413 g/mol. The molecule has 0 amide bonds. The van der Waals surface area contributed by atoms with Gasteiger partial charge in [-0.1, -0.05) is 24.3 Å². The van der Waals surface area contributed by atoms with E-state index in [0.29, 0.717) is 17.9 Å². The highest BCUT2D eigenvalue weighted by atomic mass is 19.1. The number of halogens is 1. The molecule has 5 rings (SSSR count). The van der Waals surface area contributed by atoms with Crippen LogP contribution in [0.1, 0.15) is 28.7 Å². The first-order valence-corrected chi connectivity index (χ1v) is 9.64. The van der Waals surface area contributed by atoms with Crippen LogP contribution in [0.15, 0.2) is 71.9 Å². The number of hydrogen-bond donors (Lipinski definition) is 1. The Morgan fingerprint density at radius 2 is 1.81 bits per heavy atom. The molecule has 8 heteroatoms. The molecule has 1 aliphatic heterocycles. The Morgan fingerprint density at radius 1 is 1.13 bits per heavy atom. The average Bonchev–Trinajstić information content (AvgIpc) is 3.26. The van der Waals surface area contributed by atoms with Crippen molar-refractivity contribution in [1.82, 2.24) is 19.3 Å². The normalized spacial score (nSPS) is 15.5. The molecule has 31 heavy (non-hydrogen) atoms. The maximum Gasteiger partial charge on any atom is 0.242 e.